The lowest BCUT2D eigenvalue weighted by molar-refractivity contribution is -0.113. The number of nitrogens with zero attached hydrogens (tertiary/aromatic N) is 4. The number of aromatic nitrogens is 2. The largest absolute Gasteiger partial charge is 0.494 e. The van der Waals surface area contributed by atoms with E-state index in [1.54, 1.807) is 24.5 Å². The van der Waals surface area contributed by atoms with Crippen LogP contribution in [0.3, 0.4) is 0 Å². The van der Waals surface area contributed by atoms with Crippen LogP contribution in [0.25, 0.3) is 0 Å². The number of thioether (sulfide) groups is 1. The summed E-state index contributed by atoms with van der Waals surface area (Å²) in [5, 5.41) is 3.63. The highest BCUT2D eigenvalue weighted by molar-refractivity contribution is 8.00. The van der Waals surface area contributed by atoms with Gasteiger partial charge in [-0.2, -0.15) is 0 Å². The molecule has 4 rings (SSSR count). The predicted octanol–water partition coefficient (Wildman–Crippen LogP) is 4.07. The van der Waals surface area contributed by atoms with E-state index in [1.165, 1.54) is 23.9 Å². The molecule has 172 valence electrons. The van der Waals surface area contributed by atoms with Crippen LogP contribution in [0.2, 0.25) is 0 Å². The van der Waals surface area contributed by atoms with E-state index >= 15 is 0 Å². The Hall–Kier alpha value is -3.33. The van der Waals surface area contributed by atoms with Crippen LogP contribution in [0.15, 0.2) is 66.0 Å². The molecule has 1 amide bonds. The molecule has 0 aliphatic carbocycles. The number of benzene rings is 2. The molecule has 0 bridgehead atoms. The van der Waals surface area contributed by atoms with Gasteiger partial charge in [0.05, 0.1) is 12.4 Å². The average molecular weight is 468 g/mol. The zero-order valence-electron chi connectivity index (χ0n) is 18.4. The lowest BCUT2D eigenvalue weighted by Gasteiger charge is -2.37. The van der Waals surface area contributed by atoms with Gasteiger partial charge in [-0.05, 0) is 55.5 Å². The molecule has 1 fully saturated rings. The van der Waals surface area contributed by atoms with Gasteiger partial charge in [0.1, 0.15) is 16.6 Å². The molecule has 1 aliphatic rings. The first-order valence-electron chi connectivity index (χ1n) is 10.8. The summed E-state index contributed by atoms with van der Waals surface area (Å²) in [6, 6.07) is 13.9. The first-order chi connectivity index (χ1) is 16.1. The maximum Gasteiger partial charge on any atom is 0.234 e. The van der Waals surface area contributed by atoms with Gasteiger partial charge in [0, 0.05) is 49.9 Å². The van der Waals surface area contributed by atoms with Gasteiger partial charge in [0.15, 0.2) is 5.82 Å². The van der Waals surface area contributed by atoms with Gasteiger partial charge in [0.2, 0.25) is 5.91 Å². The summed E-state index contributed by atoms with van der Waals surface area (Å²) < 4.78 is 18.6. The highest BCUT2D eigenvalue weighted by Gasteiger charge is 2.21. The third-order valence-electron chi connectivity index (χ3n) is 5.21. The molecule has 1 N–H and O–H groups in total. The molecule has 2 heterocycles. The highest BCUT2D eigenvalue weighted by atomic mass is 32.2. The van der Waals surface area contributed by atoms with Crippen molar-refractivity contribution in [2.75, 3.05) is 53.7 Å². The Bertz CT molecular complexity index is 1060. The van der Waals surface area contributed by atoms with Gasteiger partial charge < -0.3 is 19.9 Å². The molecule has 0 saturated carbocycles. The van der Waals surface area contributed by atoms with Crippen LogP contribution in [0.1, 0.15) is 6.92 Å². The number of carbonyl (C=O) groups excluding carboxylic acids is 1. The van der Waals surface area contributed by atoms with Crippen molar-refractivity contribution in [1.82, 2.24) is 9.97 Å². The molecule has 0 radical (unpaired) electrons. The summed E-state index contributed by atoms with van der Waals surface area (Å²) in [6.45, 7) is 5.66. The Morgan fingerprint density at radius 1 is 1.00 bits per heavy atom. The van der Waals surface area contributed by atoms with Gasteiger partial charge in [-0.3, -0.25) is 4.79 Å². The highest BCUT2D eigenvalue weighted by Crippen LogP contribution is 2.28. The van der Waals surface area contributed by atoms with Crippen LogP contribution in [-0.4, -0.2) is 54.4 Å². The van der Waals surface area contributed by atoms with E-state index in [-0.39, 0.29) is 17.5 Å². The molecule has 0 spiro atoms. The number of nitrogens with one attached hydrogen (secondary N) is 1. The zero-order chi connectivity index (χ0) is 23.0. The lowest BCUT2D eigenvalue weighted by atomic mass is 10.2. The van der Waals surface area contributed by atoms with Crippen molar-refractivity contribution in [3.63, 3.8) is 0 Å². The van der Waals surface area contributed by atoms with Crippen LogP contribution in [-0.2, 0) is 4.79 Å². The minimum absolute atomic E-state index is 0.109. The minimum atomic E-state index is -0.231. The van der Waals surface area contributed by atoms with Crippen LogP contribution >= 0.6 is 11.8 Å². The first-order valence-corrected chi connectivity index (χ1v) is 11.8. The number of anilines is 3. The number of ether oxygens (including phenoxy) is 1. The fourth-order valence-electron chi connectivity index (χ4n) is 3.60. The Morgan fingerprint density at radius 3 is 2.36 bits per heavy atom. The molecule has 33 heavy (non-hydrogen) atoms. The monoisotopic (exact) mass is 467 g/mol. The standard InChI is InChI=1S/C24H26FN5O2S/c1-2-32-21-9-5-19(6-10-21)28-22(31)17-33-24-23(26-11-12-27-24)30-15-13-29(14-16-30)20-7-3-18(25)4-8-20/h3-12H,2,13-17H2,1H3,(H,28,31). The SMILES string of the molecule is CCOc1ccc(NC(=O)CSc2nccnc2N2CCN(c3ccc(F)cc3)CC2)cc1. The number of halogens is 1. The van der Waals surface area contributed by atoms with Gasteiger partial charge in [-0.1, -0.05) is 11.8 Å². The van der Waals surface area contributed by atoms with Crippen molar-refractivity contribution in [2.45, 2.75) is 11.9 Å². The van der Waals surface area contributed by atoms with E-state index in [0.717, 1.165) is 54.1 Å². The maximum absolute atomic E-state index is 13.2. The lowest BCUT2D eigenvalue weighted by Crippen LogP contribution is -2.47. The van der Waals surface area contributed by atoms with Crippen molar-refractivity contribution >= 4 is 34.9 Å². The topological polar surface area (TPSA) is 70.6 Å². The molecule has 7 nitrogen and oxygen atoms in total. The minimum Gasteiger partial charge on any atom is -0.494 e. The molecule has 9 heteroatoms. The van der Waals surface area contributed by atoms with E-state index in [2.05, 4.69) is 25.1 Å². The molecule has 1 aliphatic heterocycles. The van der Waals surface area contributed by atoms with E-state index in [1.807, 2.05) is 31.2 Å². The van der Waals surface area contributed by atoms with Crippen molar-refractivity contribution in [3.8, 4) is 5.75 Å². The maximum atomic E-state index is 13.2. The summed E-state index contributed by atoms with van der Waals surface area (Å²) in [5.41, 5.74) is 1.73. The fraction of sp³-hybridized carbons (Fsp3) is 0.292. The Balaban J connectivity index is 1.32. The summed E-state index contributed by atoms with van der Waals surface area (Å²) in [7, 11) is 0. The Labute approximate surface area is 197 Å². The van der Waals surface area contributed by atoms with Gasteiger partial charge >= 0.3 is 0 Å². The number of hydrogen-bond acceptors (Lipinski definition) is 7. The third-order valence-corrected chi connectivity index (χ3v) is 6.17. The zero-order valence-corrected chi connectivity index (χ0v) is 19.2. The van der Waals surface area contributed by atoms with E-state index < -0.39 is 0 Å². The quantitative estimate of drug-likeness (QED) is 0.501. The van der Waals surface area contributed by atoms with E-state index in [4.69, 9.17) is 4.74 Å². The number of carbonyl (C=O) groups is 1. The second-order valence-corrected chi connectivity index (χ2v) is 8.39. The normalized spacial score (nSPS) is 13.6. The van der Waals surface area contributed by atoms with E-state index in [0.29, 0.717) is 6.61 Å². The molecule has 3 aromatic rings. The summed E-state index contributed by atoms with van der Waals surface area (Å²) >= 11 is 1.37. The fourth-order valence-corrected chi connectivity index (χ4v) is 4.38. The van der Waals surface area contributed by atoms with E-state index in [9.17, 15) is 9.18 Å². The molecule has 0 atom stereocenters. The second kappa shape index (κ2) is 11.0. The Morgan fingerprint density at radius 2 is 1.67 bits per heavy atom. The number of hydrogen-bond donors (Lipinski definition) is 1. The summed E-state index contributed by atoms with van der Waals surface area (Å²) in [6.07, 6.45) is 3.32. The van der Waals surface area contributed by atoms with Crippen molar-refractivity contribution in [1.29, 1.82) is 0 Å². The van der Waals surface area contributed by atoms with Gasteiger partial charge in [-0.25, -0.2) is 14.4 Å². The molecule has 1 aromatic heterocycles. The van der Waals surface area contributed by atoms with Crippen LogP contribution < -0.4 is 19.9 Å². The number of rotatable bonds is 8. The molecule has 0 unspecified atom stereocenters. The van der Waals surface area contributed by atoms with Crippen molar-refractivity contribution < 1.29 is 13.9 Å². The summed E-state index contributed by atoms with van der Waals surface area (Å²) in [5.74, 6) is 1.45. The Kier molecular flexibility index (Phi) is 7.62. The predicted molar refractivity (Wildman–Crippen MR) is 130 cm³/mol. The van der Waals surface area contributed by atoms with Gasteiger partial charge in [0.25, 0.3) is 0 Å². The molecule has 1 saturated heterocycles. The van der Waals surface area contributed by atoms with Crippen LogP contribution in [0, 0.1) is 5.82 Å². The second-order valence-electron chi connectivity index (χ2n) is 7.43. The molecular weight excluding hydrogens is 441 g/mol. The number of amides is 1. The number of piperazine rings is 1. The molecular formula is C24H26FN5O2S. The summed E-state index contributed by atoms with van der Waals surface area (Å²) in [4.78, 5) is 25.8. The van der Waals surface area contributed by atoms with Crippen molar-refractivity contribution in [3.05, 3.63) is 66.7 Å². The van der Waals surface area contributed by atoms with Gasteiger partial charge in [-0.15, -0.1) is 0 Å². The van der Waals surface area contributed by atoms with Crippen molar-refractivity contribution in [2.24, 2.45) is 0 Å². The third kappa shape index (κ3) is 6.13. The molecule has 2 aromatic carbocycles. The first kappa shape index (κ1) is 22.8. The van der Waals surface area contributed by atoms with Crippen LogP contribution in [0.5, 0.6) is 5.75 Å². The smallest absolute Gasteiger partial charge is 0.234 e. The van der Waals surface area contributed by atoms with Crippen LogP contribution in [0.4, 0.5) is 21.6 Å². The average Bonchev–Trinajstić information content (AvgIpc) is 2.85.